The molecule has 0 saturated carbocycles. The molecule has 6 rings (SSSR count). The maximum absolute atomic E-state index is 12.6. The minimum atomic E-state index is -4.37. The predicted octanol–water partition coefficient (Wildman–Crippen LogP) is 4.94. The van der Waals surface area contributed by atoms with Gasteiger partial charge in [0.05, 0.1) is 35.4 Å². The zero-order chi connectivity index (χ0) is 27.6. The van der Waals surface area contributed by atoms with E-state index < -0.39 is 25.6 Å². The van der Waals surface area contributed by atoms with Crippen LogP contribution in [0.25, 0.3) is 22.0 Å². The zero-order valence-corrected chi connectivity index (χ0v) is 24.4. The van der Waals surface area contributed by atoms with E-state index in [4.69, 9.17) is 11.6 Å². The molecular weight excluding hydrogens is 602 g/mol. The summed E-state index contributed by atoms with van der Waals surface area (Å²) < 4.78 is 72.2. The Balaban J connectivity index is 1.50. The number of thiazole rings is 1. The van der Waals surface area contributed by atoms with Crippen molar-refractivity contribution in [2.75, 3.05) is 12.3 Å². The van der Waals surface area contributed by atoms with Crippen molar-refractivity contribution in [3.8, 4) is 5.69 Å². The lowest BCUT2D eigenvalue weighted by atomic mass is 10.1. The van der Waals surface area contributed by atoms with Crippen LogP contribution >= 0.6 is 34.7 Å². The smallest absolute Gasteiger partial charge is 0.320 e. The van der Waals surface area contributed by atoms with Crippen molar-refractivity contribution in [1.82, 2.24) is 9.05 Å². The molecule has 1 fully saturated rings. The Morgan fingerprint density at radius 1 is 1.10 bits per heavy atom. The van der Waals surface area contributed by atoms with Crippen molar-refractivity contribution in [2.45, 2.75) is 29.7 Å². The number of hydrogen-bond donors (Lipinski definition) is 2. The summed E-state index contributed by atoms with van der Waals surface area (Å²) in [6.07, 6.45) is 6.27. The molecule has 0 amide bonds. The van der Waals surface area contributed by atoms with E-state index in [1.165, 1.54) is 23.1 Å². The minimum Gasteiger partial charge on any atom is -0.324 e. The lowest BCUT2D eigenvalue weighted by molar-refractivity contribution is -0.668. The van der Waals surface area contributed by atoms with Crippen LogP contribution in [-0.2, 0) is 26.8 Å². The monoisotopic (exact) mass is 625 g/mol. The number of rotatable bonds is 7. The molecule has 0 radical (unpaired) electrons. The Labute approximate surface area is 239 Å². The van der Waals surface area contributed by atoms with Crippen LogP contribution < -0.4 is 9.05 Å². The van der Waals surface area contributed by atoms with Gasteiger partial charge in [0.25, 0.3) is 15.1 Å². The van der Waals surface area contributed by atoms with Crippen molar-refractivity contribution in [1.29, 1.82) is 0 Å². The number of aryl methyl sites for hydroxylation is 1. The first-order valence-corrected chi connectivity index (χ1v) is 17.2. The van der Waals surface area contributed by atoms with E-state index in [9.17, 15) is 25.9 Å². The van der Waals surface area contributed by atoms with Gasteiger partial charge in [0, 0.05) is 36.0 Å². The third kappa shape index (κ3) is 4.84. The summed E-state index contributed by atoms with van der Waals surface area (Å²) in [5, 5.41) is 1.03. The van der Waals surface area contributed by atoms with E-state index in [-0.39, 0.29) is 16.7 Å². The molecular formula is C25H24ClN3O6S4+2. The second kappa shape index (κ2) is 9.70. The molecule has 1 saturated heterocycles. The SMILES string of the molecule is O=S(=O)(O)CCC[n+]1c(C=C2Sc3ccc(-n4cccc4)cc3[N+]23CCC3S(=O)(=O)O)sc2ccc(Cl)cc21. The maximum atomic E-state index is 12.6. The number of fused-ring (bicyclic) bond motifs is 3. The predicted molar refractivity (Wildman–Crippen MR) is 154 cm³/mol. The van der Waals surface area contributed by atoms with Gasteiger partial charge in [-0.15, -0.1) is 0 Å². The average molecular weight is 626 g/mol. The maximum Gasteiger partial charge on any atom is 0.320 e. The quantitative estimate of drug-likeness (QED) is 0.170. The van der Waals surface area contributed by atoms with Gasteiger partial charge in [-0.3, -0.25) is 9.11 Å². The molecule has 2 N–H and O–H groups in total. The van der Waals surface area contributed by atoms with E-state index >= 15 is 0 Å². The number of nitrogens with zero attached hydrogens (tertiary/aromatic N) is 3. The molecule has 2 aromatic carbocycles. The molecule has 2 aliphatic heterocycles. The highest BCUT2D eigenvalue weighted by molar-refractivity contribution is 8.03. The summed E-state index contributed by atoms with van der Waals surface area (Å²) in [7, 11) is -8.49. The fraction of sp³-hybridized carbons (Fsp3) is 0.240. The summed E-state index contributed by atoms with van der Waals surface area (Å²) in [6, 6.07) is 15.2. The van der Waals surface area contributed by atoms with Crippen molar-refractivity contribution < 1.29 is 30.5 Å². The molecule has 4 heterocycles. The second-order valence-electron chi connectivity index (χ2n) is 9.52. The van der Waals surface area contributed by atoms with Crippen LogP contribution in [0, 0.1) is 0 Å². The summed E-state index contributed by atoms with van der Waals surface area (Å²) >= 11 is 9.22. The van der Waals surface area contributed by atoms with Gasteiger partial charge in [-0.05, 0) is 48.2 Å². The Morgan fingerprint density at radius 3 is 2.54 bits per heavy atom. The summed E-state index contributed by atoms with van der Waals surface area (Å²) in [5.74, 6) is -0.388. The van der Waals surface area contributed by atoms with E-state index in [0.29, 0.717) is 24.5 Å². The number of benzene rings is 2. The fourth-order valence-electron chi connectivity index (χ4n) is 5.35. The van der Waals surface area contributed by atoms with E-state index in [1.807, 2.05) is 64.0 Å². The van der Waals surface area contributed by atoms with Crippen LogP contribution in [0.1, 0.15) is 17.8 Å². The molecule has 1 spiro atoms. The zero-order valence-electron chi connectivity index (χ0n) is 20.3. The molecule has 14 heteroatoms. The molecule has 2 atom stereocenters. The second-order valence-corrected chi connectivity index (χ2v) is 15.2. The number of aromatic nitrogens is 2. The first kappa shape index (κ1) is 27.0. The highest BCUT2D eigenvalue weighted by Gasteiger charge is 2.62. The topological polar surface area (TPSA) is 118 Å². The number of halogens is 1. The standard InChI is InChI=1S/C25H22ClN3O6S4/c26-17-4-6-21-19(14-17)28(11-3-13-38(30,31)32)23(36-21)16-24-29(12-8-25(29)39(33,34)35)20-15-18(5-7-22(20)37-24)27-9-1-2-10-27/h1-2,4-7,9-10,14-16,25H,3,8,11-13H2/p+2. The number of thioether (sulfide) groups is 1. The first-order chi connectivity index (χ1) is 18.5. The van der Waals surface area contributed by atoms with Crippen LogP contribution in [0.3, 0.4) is 0 Å². The van der Waals surface area contributed by atoms with Crippen LogP contribution in [0.15, 0.2) is 70.8 Å². The molecule has 2 aromatic heterocycles. The van der Waals surface area contributed by atoms with E-state index in [2.05, 4.69) is 0 Å². The van der Waals surface area contributed by atoms with Gasteiger partial charge in [0.15, 0.2) is 17.3 Å². The normalized spacial score (nSPS) is 22.0. The molecule has 4 aromatic rings. The summed E-state index contributed by atoms with van der Waals surface area (Å²) in [4.78, 5) is 0.910. The molecule has 2 aliphatic rings. The highest BCUT2D eigenvalue weighted by atomic mass is 35.5. The third-order valence-electron chi connectivity index (χ3n) is 7.17. The lowest BCUT2D eigenvalue weighted by Crippen LogP contribution is -2.66. The van der Waals surface area contributed by atoms with Crippen molar-refractivity contribution >= 4 is 76.9 Å². The van der Waals surface area contributed by atoms with Gasteiger partial charge in [-0.2, -0.15) is 21.4 Å². The molecule has 204 valence electrons. The van der Waals surface area contributed by atoms with Gasteiger partial charge in [-0.1, -0.05) is 22.9 Å². The van der Waals surface area contributed by atoms with E-state index in [0.717, 1.165) is 36.5 Å². The summed E-state index contributed by atoms with van der Waals surface area (Å²) in [5.41, 5.74) is 2.51. The van der Waals surface area contributed by atoms with Gasteiger partial charge in [0.2, 0.25) is 10.9 Å². The molecule has 2 unspecified atom stereocenters. The lowest BCUT2D eigenvalue weighted by Gasteiger charge is -2.47. The Hall–Kier alpha value is -2.23. The van der Waals surface area contributed by atoms with Crippen LogP contribution in [0.5, 0.6) is 0 Å². The third-order valence-corrected chi connectivity index (χ3v) is 11.8. The Kier molecular flexibility index (Phi) is 6.71. The minimum absolute atomic E-state index is 0.00599. The Bertz CT molecular complexity index is 1850. The molecule has 9 nitrogen and oxygen atoms in total. The van der Waals surface area contributed by atoms with Gasteiger partial charge in [-0.25, -0.2) is 4.48 Å². The van der Waals surface area contributed by atoms with Crippen molar-refractivity contribution in [2.24, 2.45) is 0 Å². The van der Waals surface area contributed by atoms with Crippen molar-refractivity contribution in [3.05, 3.63) is 76.0 Å². The number of hydrogen-bond acceptors (Lipinski definition) is 6. The highest BCUT2D eigenvalue weighted by Crippen LogP contribution is 2.58. The van der Waals surface area contributed by atoms with Gasteiger partial charge >= 0.3 is 10.1 Å². The van der Waals surface area contributed by atoms with Crippen molar-refractivity contribution in [3.63, 3.8) is 0 Å². The number of quaternary nitrogens is 1. The van der Waals surface area contributed by atoms with Gasteiger partial charge in [0.1, 0.15) is 4.70 Å². The van der Waals surface area contributed by atoms with Crippen LogP contribution in [0.2, 0.25) is 5.02 Å². The molecule has 0 aliphatic carbocycles. The van der Waals surface area contributed by atoms with Crippen LogP contribution in [-0.4, -0.2) is 48.2 Å². The molecule has 0 bridgehead atoms. The molecule has 39 heavy (non-hydrogen) atoms. The fourth-order valence-corrected chi connectivity index (χ4v) is 9.78. The first-order valence-electron chi connectivity index (χ1n) is 12.0. The van der Waals surface area contributed by atoms with Crippen LogP contribution in [0.4, 0.5) is 5.69 Å². The Morgan fingerprint density at radius 2 is 1.87 bits per heavy atom. The van der Waals surface area contributed by atoms with E-state index in [1.54, 1.807) is 12.1 Å². The largest absolute Gasteiger partial charge is 0.324 e. The average Bonchev–Trinajstić information content (AvgIpc) is 3.53. The summed E-state index contributed by atoms with van der Waals surface area (Å²) in [6.45, 7) is 0.807. The van der Waals surface area contributed by atoms with Gasteiger partial charge < -0.3 is 4.57 Å².